The summed E-state index contributed by atoms with van der Waals surface area (Å²) in [6.45, 7) is 0. The van der Waals surface area contributed by atoms with Gasteiger partial charge < -0.3 is 4.74 Å². The standard InChI is InChI=1S/C13H8BrClN2OS/c1-18-10-4-5-19-11(10)13-16-9-6-7(14)2-3-8(9)12(15)17-13/h2-6H,1H3. The number of methoxy groups -OCH3 is 1. The van der Waals surface area contributed by atoms with Crippen molar-refractivity contribution in [1.82, 2.24) is 9.97 Å². The van der Waals surface area contributed by atoms with Gasteiger partial charge in [-0.05, 0) is 29.6 Å². The third kappa shape index (κ3) is 2.33. The fraction of sp³-hybridized carbons (Fsp3) is 0.0769. The molecule has 0 amide bonds. The van der Waals surface area contributed by atoms with Crippen LogP contribution in [0.4, 0.5) is 0 Å². The Morgan fingerprint density at radius 2 is 2.11 bits per heavy atom. The molecule has 0 N–H and O–H groups in total. The molecule has 3 nitrogen and oxygen atoms in total. The van der Waals surface area contributed by atoms with Crippen molar-refractivity contribution in [2.24, 2.45) is 0 Å². The molecular weight excluding hydrogens is 348 g/mol. The first kappa shape index (κ1) is 12.8. The van der Waals surface area contributed by atoms with Crippen LogP contribution in [-0.2, 0) is 0 Å². The summed E-state index contributed by atoms with van der Waals surface area (Å²) in [5, 5.41) is 3.23. The number of fused-ring (bicyclic) bond motifs is 1. The maximum absolute atomic E-state index is 6.22. The monoisotopic (exact) mass is 354 g/mol. The van der Waals surface area contributed by atoms with Crippen LogP contribution in [0.15, 0.2) is 34.1 Å². The van der Waals surface area contributed by atoms with Crippen LogP contribution in [0.1, 0.15) is 0 Å². The number of benzene rings is 1. The Balaban J connectivity index is 2.25. The Labute approximate surface area is 127 Å². The SMILES string of the molecule is COc1ccsc1-c1nc(Cl)c2ccc(Br)cc2n1. The highest BCUT2D eigenvalue weighted by molar-refractivity contribution is 9.10. The van der Waals surface area contributed by atoms with Crippen molar-refractivity contribution in [3.8, 4) is 16.5 Å². The third-order valence-electron chi connectivity index (χ3n) is 2.66. The first-order valence-corrected chi connectivity index (χ1v) is 7.49. The zero-order valence-corrected chi connectivity index (χ0v) is 13.0. The van der Waals surface area contributed by atoms with E-state index in [9.17, 15) is 0 Å². The third-order valence-corrected chi connectivity index (χ3v) is 4.34. The lowest BCUT2D eigenvalue weighted by Crippen LogP contribution is -1.92. The van der Waals surface area contributed by atoms with E-state index in [2.05, 4.69) is 25.9 Å². The lowest BCUT2D eigenvalue weighted by molar-refractivity contribution is 0.418. The van der Waals surface area contributed by atoms with Crippen molar-refractivity contribution in [2.45, 2.75) is 0 Å². The molecule has 19 heavy (non-hydrogen) atoms. The quantitative estimate of drug-likeness (QED) is 0.620. The van der Waals surface area contributed by atoms with E-state index in [1.54, 1.807) is 7.11 Å². The average molecular weight is 356 g/mol. The van der Waals surface area contributed by atoms with Crippen LogP contribution in [-0.4, -0.2) is 17.1 Å². The van der Waals surface area contributed by atoms with E-state index in [1.165, 1.54) is 11.3 Å². The molecule has 96 valence electrons. The molecule has 6 heteroatoms. The molecule has 0 unspecified atom stereocenters. The molecule has 0 aliphatic carbocycles. The Bertz CT molecular complexity index is 759. The fourth-order valence-electron chi connectivity index (χ4n) is 1.79. The second-order valence-corrected chi connectivity index (χ2v) is 6.01. The molecular formula is C13H8BrClN2OS. The maximum Gasteiger partial charge on any atom is 0.175 e. The van der Waals surface area contributed by atoms with E-state index in [-0.39, 0.29) is 0 Å². The second kappa shape index (κ2) is 5.07. The Morgan fingerprint density at radius 3 is 2.89 bits per heavy atom. The summed E-state index contributed by atoms with van der Waals surface area (Å²) in [6.07, 6.45) is 0. The normalized spacial score (nSPS) is 10.9. The molecule has 0 aliphatic rings. The Kier molecular flexibility index (Phi) is 3.43. The summed E-state index contributed by atoms with van der Waals surface area (Å²) in [6, 6.07) is 7.63. The van der Waals surface area contributed by atoms with Crippen molar-refractivity contribution in [1.29, 1.82) is 0 Å². The summed E-state index contributed by atoms with van der Waals surface area (Å²) in [7, 11) is 1.63. The van der Waals surface area contributed by atoms with Crippen molar-refractivity contribution >= 4 is 49.8 Å². The zero-order chi connectivity index (χ0) is 13.4. The zero-order valence-electron chi connectivity index (χ0n) is 9.85. The molecule has 1 aromatic carbocycles. The van der Waals surface area contributed by atoms with E-state index in [0.717, 1.165) is 26.0 Å². The van der Waals surface area contributed by atoms with Gasteiger partial charge in [0, 0.05) is 9.86 Å². The van der Waals surface area contributed by atoms with E-state index in [4.69, 9.17) is 16.3 Å². The van der Waals surface area contributed by atoms with Crippen LogP contribution in [0.2, 0.25) is 5.15 Å². The number of thiophene rings is 1. The summed E-state index contributed by atoms with van der Waals surface area (Å²) >= 11 is 11.2. The lowest BCUT2D eigenvalue weighted by Gasteiger charge is -2.05. The Hall–Kier alpha value is -1.17. The smallest absolute Gasteiger partial charge is 0.175 e. The first-order valence-electron chi connectivity index (χ1n) is 5.43. The maximum atomic E-state index is 6.22. The van der Waals surface area contributed by atoms with Crippen molar-refractivity contribution in [2.75, 3.05) is 7.11 Å². The van der Waals surface area contributed by atoms with Crippen LogP contribution >= 0.6 is 38.9 Å². The van der Waals surface area contributed by atoms with Gasteiger partial charge in [-0.2, -0.15) is 0 Å². The minimum atomic E-state index is 0.447. The predicted octanol–water partition coefficient (Wildman–Crippen LogP) is 4.78. The minimum absolute atomic E-state index is 0.447. The molecule has 0 saturated carbocycles. The average Bonchev–Trinajstić information content (AvgIpc) is 2.86. The molecule has 0 aliphatic heterocycles. The van der Waals surface area contributed by atoms with Crippen molar-refractivity contribution in [3.63, 3.8) is 0 Å². The number of halogens is 2. The molecule has 3 aromatic rings. The molecule has 2 heterocycles. The van der Waals surface area contributed by atoms with Gasteiger partial charge in [-0.25, -0.2) is 9.97 Å². The van der Waals surface area contributed by atoms with Gasteiger partial charge in [0.25, 0.3) is 0 Å². The number of rotatable bonds is 2. The second-order valence-electron chi connectivity index (χ2n) is 3.82. The van der Waals surface area contributed by atoms with Gasteiger partial charge in [0.2, 0.25) is 0 Å². The van der Waals surface area contributed by atoms with E-state index < -0.39 is 0 Å². The van der Waals surface area contributed by atoms with Crippen LogP contribution in [0.3, 0.4) is 0 Å². The number of hydrogen-bond donors (Lipinski definition) is 0. The number of ether oxygens (including phenoxy) is 1. The van der Waals surface area contributed by atoms with Gasteiger partial charge in [0.1, 0.15) is 15.8 Å². The number of aromatic nitrogens is 2. The predicted molar refractivity (Wildman–Crippen MR) is 82.1 cm³/mol. The summed E-state index contributed by atoms with van der Waals surface area (Å²) < 4.78 is 6.25. The molecule has 3 rings (SSSR count). The molecule has 0 radical (unpaired) electrons. The van der Waals surface area contributed by atoms with E-state index >= 15 is 0 Å². The van der Waals surface area contributed by atoms with Gasteiger partial charge in [0.05, 0.1) is 12.6 Å². The summed E-state index contributed by atoms with van der Waals surface area (Å²) in [5.41, 5.74) is 0.805. The number of hydrogen-bond acceptors (Lipinski definition) is 4. The highest BCUT2D eigenvalue weighted by atomic mass is 79.9. The van der Waals surface area contributed by atoms with Crippen molar-refractivity contribution < 1.29 is 4.74 Å². The molecule has 2 aromatic heterocycles. The molecule has 0 fully saturated rings. The summed E-state index contributed by atoms with van der Waals surface area (Å²) in [5.74, 6) is 1.35. The van der Waals surface area contributed by atoms with Crippen LogP contribution in [0.5, 0.6) is 5.75 Å². The first-order chi connectivity index (χ1) is 9.19. The highest BCUT2D eigenvalue weighted by Crippen LogP contribution is 2.35. The minimum Gasteiger partial charge on any atom is -0.495 e. The van der Waals surface area contributed by atoms with Crippen LogP contribution in [0, 0.1) is 0 Å². The molecule has 0 bridgehead atoms. The van der Waals surface area contributed by atoms with Crippen LogP contribution in [0.25, 0.3) is 21.6 Å². The molecule has 0 spiro atoms. The van der Waals surface area contributed by atoms with E-state index in [0.29, 0.717) is 11.0 Å². The van der Waals surface area contributed by atoms with Gasteiger partial charge in [-0.3, -0.25) is 0 Å². The van der Waals surface area contributed by atoms with Crippen molar-refractivity contribution in [3.05, 3.63) is 39.3 Å². The lowest BCUT2D eigenvalue weighted by atomic mass is 10.2. The van der Waals surface area contributed by atoms with E-state index in [1.807, 2.05) is 29.6 Å². The van der Waals surface area contributed by atoms with Crippen LogP contribution < -0.4 is 4.74 Å². The fourth-order valence-corrected chi connectivity index (χ4v) is 3.17. The number of nitrogens with zero attached hydrogens (tertiary/aromatic N) is 2. The van der Waals surface area contributed by atoms with Gasteiger partial charge in [-0.1, -0.05) is 27.5 Å². The molecule has 0 saturated heterocycles. The van der Waals surface area contributed by atoms with Gasteiger partial charge in [-0.15, -0.1) is 11.3 Å². The van der Waals surface area contributed by atoms with Gasteiger partial charge in [0.15, 0.2) is 5.82 Å². The molecule has 0 atom stereocenters. The highest BCUT2D eigenvalue weighted by Gasteiger charge is 2.13. The topological polar surface area (TPSA) is 35.0 Å². The summed E-state index contributed by atoms with van der Waals surface area (Å²) in [4.78, 5) is 9.79. The van der Waals surface area contributed by atoms with Gasteiger partial charge >= 0.3 is 0 Å². The Morgan fingerprint density at radius 1 is 1.26 bits per heavy atom. The largest absolute Gasteiger partial charge is 0.495 e.